The molecule has 1 saturated heterocycles. The highest BCUT2D eigenvalue weighted by Gasteiger charge is 2.40. The van der Waals surface area contributed by atoms with Gasteiger partial charge in [-0.1, -0.05) is 55.0 Å². The van der Waals surface area contributed by atoms with E-state index in [2.05, 4.69) is 36.2 Å². The van der Waals surface area contributed by atoms with E-state index in [-0.39, 0.29) is 38.1 Å². The van der Waals surface area contributed by atoms with E-state index in [1.54, 1.807) is 12.4 Å². The van der Waals surface area contributed by atoms with Crippen molar-refractivity contribution in [2.24, 2.45) is 17.2 Å². The van der Waals surface area contributed by atoms with Crippen LogP contribution in [0.3, 0.4) is 0 Å². The number of hydrogen-bond acceptors (Lipinski definition) is 10. The molecule has 7 unspecified atom stereocenters. The largest absolute Gasteiger partial charge is 0.376 e. The fourth-order valence-electron chi connectivity index (χ4n) is 6.95. The normalized spacial score (nSPS) is 17.5. The first kappa shape index (κ1) is 41.5. The van der Waals surface area contributed by atoms with Crippen LogP contribution in [0.4, 0.5) is 0 Å². The molecule has 13 N–H and O–H groups in total. The van der Waals surface area contributed by atoms with Crippen molar-refractivity contribution in [1.82, 2.24) is 41.1 Å². The number of nitrogens with one attached hydrogen (secondary N) is 6. The molecule has 7 atom stereocenters. The predicted octanol–water partition coefficient (Wildman–Crippen LogP) is -0.788. The average molecular weight is 772 g/mol. The van der Waals surface area contributed by atoms with Crippen molar-refractivity contribution in [2.75, 3.05) is 13.1 Å². The second-order valence-electron chi connectivity index (χ2n) is 14.3. The van der Waals surface area contributed by atoms with E-state index in [9.17, 15) is 29.1 Å². The predicted molar refractivity (Wildman–Crippen MR) is 209 cm³/mol. The molecule has 17 heteroatoms. The lowest BCUT2D eigenvalue weighted by Crippen LogP contribution is -2.58. The number of amides is 5. The molecule has 1 aliphatic heterocycles. The quantitative estimate of drug-likeness (QED) is 0.0372. The van der Waals surface area contributed by atoms with Crippen molar-refractivity contribution in [3.05, 3.63) is 90.1 Å². The van der Waals surface area contributed by atoms with Gasteiger partial charge < -0.3 is 53.1 Å². The summed E-state index contributed by atoms with van der Waals surface area (Å²) in [5, 5.41) is 23.6. The molecular formula is C39H53N11O6. The number of aliphatic hydroxyl groups is 1. The Labute approximate surface area is 324 Å². The van der Waals surface area contributed by atoms with Gasteiger partial charge in [-0.2, -0.15) is 0 Å². The highest BCUT2D eigenvalue weighted by molar-refractivity contribution is 5.94. The Morgan fingerprint density at radius 2 is 1.70 bits per heavy atom. The molecule has 300 valence electrons. The van der Waals surface area contributed by atoms with E-state index in [4.69, 9.17) is 17.2 Å². The molecule has 1 aliphatic rings. The van der Waals surface area contributed by atoms with Crippen LogP contribution in [0.1, 0.15) is 49.4 Å². The molecule has 0 radical (unpaired) electrons. The van der Waals surface area contributed by atoms with Gasteiger partial charge in [0, 0.05) is 54.8 Å². The molecule has 0 saturated carbocycles. The first-order valence-corrected chi connectivity index (χ1v) is 18.9. The van der Waals surface area contributed by atoms with E-state index in [1.807, 2.05) is 54.6 Å². The maximum absolute atomic E-state index is 13.8. The second kappa shape index (κ2) is 19.8. The number of para-hydroxylation sites is 1. The molecule has 2 aromatic heterocycles. The van der Waals surface area contributed by atoms with Crippen molar-refractivity contribution in [3.8, 4) is 0 Å². The van der Waals surface area contributed by atoms with Crippen LogP contribution >= 0.6 is 0 Å². The Morgan fingerprint density at radius 3 is 2.41 bits per heavy atom. The number of nitrogens with two attached hydrogens (primary N) is 3. The lowest BCUT2D eigenvalue weighted by molar-refractivity contribution is -0.133. The van der Waals surface area contributed by atoms with Crippen molar-refractivity contribution in [3.63, 3.8) is 0 Å². The van der Waals surface area contributed by atoms with Crippen LogP contribution in [0.25, 0.3) is 10.9 Å². The van der Waals surface area contributed by atoms with Crippen LogP contribution in [0, 0.1) is 0 Å². The summed E-state index contributed by atoms with van der Waals surface area (Å²) >= 11 is 0. The number of likely N-dealkylation sites (tertiary alicyclic amines) is 1. The van der Waals surface area contributed by atoms with Gasteiger partial charge >= 0.3 is 0 Å². The lowest BCUT2D eigenvalue weighted by atomic mass is 10.0. The van der Waals surface area contributed by atoms with Gasteiger partial charge in [0.25, 0.3) is 0 Å². The minimum absolute atomic E-state index is 0.0480. The molecular weight excluding hydrogens is 718 g/mol. The van der Waals surface area contributed by atoms with Crippen LogP contribution in [-0.4, -0.2) is 110 Å². The number of fused-ring (bicyclic) bond motifs is 1. The van der Waals surface area contributed by atoms with Crippen molar-refractivity contribution >= 4 is 40.4 Å². The number of aromatic nitrogens is 3. The van der Waals surface area contributed by atoms with Crippen LogP contribution in [0.5, 0.6) is 0 Å². The van der Waals surface area contributed by atoms with Gasteiger partial charge in [0.1, 0.15) is 18.3 Å². The molecule has 0 bridgehead atoms. The molecule has 0 aliphatic carbocycles. The van der Waals surface area contributed by atoms with Crippen molar-refractivity contribution < 1.29 is 29.1 Å². The molecule has 3 heterocycles. The molecule has 5 rings (SSSR count). The fourth-order valence-corrected chi connectivity index (χ4v) is 6.95. The van der Waals surface area contributed by atoms with Crippen LogP contribution in [0.2, 0.25) is 0 Å². The van der Waals surface area contributed by atoms with E-state index >= 15 is 0 Å². The van der Waals surface area contributed by atoms with Gasteiger partial charge in [-0.25, -0.2) is 4.98 Å². The zero-order chi connectivity index (χ0) is 40.2. The third-order valence-electron chi connectivity index (χ3n) is 10.0. The summed E-state index contributed by atoms with van der Waals surface area (Å²) in [4.78, 5) is 77.8. The summed E-state index contributed by atoms with van der Waals surface area (Å²) in [6.45, 7) is 2.03. The number of rotatable bonds is 21. The topological polar surface area (TPSA) is 279 Å². The summed E-state index contributed by atoms with van der Waals surface area (Å²) in [6.07, 6.45) is 5.66. The number of benzene rings is 2. The number of carbonyl (C=O) groups excluding carboxylic acids is 5. The molecule has 56 heavy (non-hydrogen) atoms. The van der Waals surface area contributed by atoms with Gasteiger partial charge in [-0.3, -0.25) is 29.3 Å². The Bertz CT molecular complexity index is 1920. The first-order valence-electron chi connectivity index (χ1n) is 18.9. The number of aliphatic hydroxyl groups excluding tert-OH is 1. The van der Waals surface area contributed by atoms with Gasteiger partial charge in [-0.15, -0.1) is 0 Å². The standard InChI is InChI=1S/C39H53N11O6/c1-23(46-38(55)32(16-25-19-44-30-12-6-5-11-28(25)30)49-37(54)29(41)17-26-20-43-22-45-26)36(53)47-27-18-34(51)50(21-27)33(15-24-9-3-2-4-10-24)39(56)48-31(35(42)52)13-7-8-14-40/h2-6,9-12,19-20,22-23,27,29,31-33,39,44,48,56H,7-8,13-18,21,40-41H2,1H3,(H2,42,52)(H,43,45)(H,46,55)(H,47,53)(H,49,54). The number of primary amides is 1. The Kier molecular flexibility index (Phi) is 14.7. The zero-order valence-corrected chi connectivity index (χ0v) is 31.4. The highest BCUT2D eigenvalue weighted by atomic mass is 16.3. The number of aromatic amines is 2. The summed E-state index contributed by atoms with van der Waals surface area (Å²) in [5.41, 5.74) is 20.6. The van der Waals surface area contributed by atoms with Crippen LogP contribution in [-0.2, 0) is 43.2 Å². The van der Waals surface area contributed by atoms with E-state index in [0.29, 0.717) is 31.5 Å². The Morgan fingerprint density at radius 1 is 0.946 bits per heavy atom. The lowest BCUT2D eigenvalue weighted by Gasteiger charge is -2.34. The summed E-state index contributed by atoms with van der Waals surface area (Å²) in [7, 11) is 0. The number of hydrogen-bond donors (Lipinski definition) is 10. The minimum atomic E-state index is -1.32. The molecule has 17 nitrogen and oxygen atoms in total. The second-order valence-corrected chi connectivity index (χ2v) is 14.3. The molecule has 2 aromatic carbocycles. The van der Waals surface area contributed by atoms with Gasteiger partial charge in [0.15, 0.2) is 0 Å². The number of H-pyrrole nitrogens is 2. The maximum Gasteiger partial charge on any atom is 0.243 e. The summed E-state index contributed by atoms with van der Waals surface area (Å²) in [6, 6.07) is 11.5. The van der Waals surface area contributed by atoms with Crippen LogP contribution in [0.15, 0.2) is 73.3 Å². The zero-order valence-electron chi connectivity index (χ0n) is 31.4. The Hall–Kier alpha value is -5.62. The van der Waals surface area contributed by atoms with Crippen molar-refractivity contribution in [2.45, 2.75) is 94.3 Å². The van der Waals surface area contributed by atoms with E-state index in [1.165, 1.54) is 18.2 Å². The van der Waals surface area contributed by atoms with Crippen molar-refractivity contribution in [1.29, 1.82) is 0 Å². The molecule has 1 fully saturated rings. The third-order valence-corrected chi connectivity index (χ3v) is 10.0. The van der Waals surface area contributed by atoms with E-state index in [0.717, 1.165) is 22.0 Å². The number of nitrogens with zero attached hydrogens (tertiary/aromatic N) is 2. The smallest absolute Gasteiger partial charge is 0.243 e. The third kappa shape index (κ3) is 11.2. The first-order chi connectivity index (χ1) is 26.9. The van der Waals surface area contributed by atoms with Gasteiger partial charge in [0.2, 0.25) is 29.5 Å². The molecule has 4 aromatic rings. The van der Waals surface area contributed by atoms with Gasteiger partial charge in [0.05, 0.1) is 30.5 Å². The Balaban J connectivity index is 1.24. The number of unbranched alkanes of at least 4 members (excludes halogenated alkanes) is 1. The average Bonchev–Trinajstić information content (AvgIpc) is 3.94. The summed E-state index contributed by atoms with van der Waals surface area (Å²) < 4.78 is 0. The highest BCUT2D eigenvalue weighted by Crippen LogP contribution is 2.22. The number of carbonyl (C=O) groups is 5. The maximum atomic E-state index is 13.8. The fraction of sp³-hybridized carbons (Fsp3) is 0.436. The number of imidazole rings is 1. The molecule has 0 spiro atoms. The van der Waals surface area contributed by atoms with Crippen LogP contribution < -0.4 is 38.5 Å². The SMILES string of the molecule is CC(NC(=O)C(Cc1c[nH]c2ccccc12)NC(=O)C(N)Cc1cnc[nH]1)C(=O)NC1CC(=O)N(C(Cc2ccccc2)C(O)NC(CCCCN)C(N)=O)C1. The minimum Gasteiger partial charge on any atom is -0.376 e. The van der Waals surface area contributed by atoms with E-state index < -0.39 is 66.1 Å². The monoisotopic (exact) mass is 771 g/mol. The van der Waals surface area contributed by atoms with Gasteiger partial charge in [-0.05, 0) is 49.9 Å². The molecule has 5 amide bonds. The summed E-state index contributed by atoms with van der Waals surface area (Å²) in [5.74, 6) is -2.63.